The molecule has 5 heteroatoms. The Morgan fingerprint density at radius 1 is 0.848 bits per heavy atom. The van der Waals surface area contributed by atoms with Gasteiger partial charge in [0, 0.05) is 5.69 Å². The van der Waals surface area contributed by atoms with Crippen molar-refractivity contribution in [2.24, 2.45) is 0 Å². The standard InChI is InChI=1S/C28H28N2O3/c1-18-7-6-8-22(17-18)30-26(31)24(19-9-15-23(33-5)16-10-19)25(27(30)32)29-21-13-11-20(12-14-21)28(2,3)4/h6-17,29H,1-5H3. The lowest BCUT2D eigenvalue weighted by molar-refractivity contribution is -0.120. The summed E-state index contributed by atoms with van der Waals surface area (Å²) in [5, 5.41) is 3.23. The van der Waals surface area contributed by atoms with Crippen LogP contribution in [0.5, 0.6) is 5.75 Å². The van der Waals surface area contributed by atoms with Crippen LogP contribution in [0.3, 0.4) is 0 Å². The monoisotopic (exact) mass is 440 g/mol. The Hall–Kier alpha value is -3.86. The molecule has 5 nitrogen and oxygen atoms in total. The first-order chi connectivity index (χ1) is 15.7. The molecule has 4 rings (SSSR count). The van der Waals surface area contributed by atoms with E-state index in [1.165, 1.54) is 10.5 Å². The van der Waals surface area contributed by atoms with Gasteiger partial charge < -0.3 is 10.1 Å². The van der Waals surface area contributed by atoms with Crippen LogP contribution in [-0.2, 0) is 15.0 Å². The van der Waals surface area contributed by atoms with Gasteiger partial charge in [0.25, 0.3) is 11.8 Å². The van der Waals surface area contributed by atoms with Crippen molar-refractivity contribution >= 4 is 28.8 Å². The zero-order valence-corrected chi connectivity index (χ0v) is 19.6. The fourth-order valence-corrected chi connectivity index (χ4v) is 3.87. The molecule has 3 aromatic carbocycles. The number of imide groups is 1. The summed E-state index contributed by atoms with van der Waals surface area (Å²) in [5.41, 5.74) is 4.73. The summed E-state index contributed by atoms with van der Waals surface area (Å²) in [6, 6.07) is 22.5. The minimum absolute atomic E-state index is 0.0210. The fourth-order valence-electron chi connectivity index (χ4n) is 3.87. The van der Waals surface area contributed by atoms with E-state index in [1.807, 2.05) is 49.4 Å². The summed E-state index contributed by atoms with van der Waals surface area (Å²) in [5.74, 6) is -0.0557. The SMILES string of the molecule is COc1ccc(C2=C(Nc3ccc(C(C)(C)C)cc3)C(=O)N(c3cccc(C)c3)C2=O)cc1. The first kappa shape index (κ1) is 22.3. The lowest BCUT2D eigenvalue weighted by Gasteiger charge is -2.19. The molecule has 3 aromatic rings. The number of carbonyl (C=O) groups excluding carboxylic acids is 2. The smallest absolute Gasteiger partial charge is 0.282 e. The van der Waals surface area contributed by atoms with E-state index in [-0.39, 0.29) is 22.9 Å². The van der Waals surface area contributed by atoms with Crippen LogP contribution in [0.1, 0.15) is 37.5 Å². The Labute approximate surface area is 194 Å². The first-order valence-corrected chi connectivity index (χ1v) is 10.9. The highest BCUT2D eigenvalue weighted by molar-refractivity contribution is 6.46. The number of hydrogen-bond acceptors (Lipinski definition) is 4. The number of hydrogen-bond donors (Lipinski definition) is 1. The largest absolute Gasteiger partial charge is 0.497 e. The quantitative estimate of drug-likeness (QED) is 0.517. The van der Waals surface area contributed by atoms with E-state index in [2.05, 4.69) is 26.1 Å². The summed E-state index contributed by atoms with van der Waals surface area (Å²) >= 11 is 0. The van der Waals surface area contributed by atoms with Gasteiger partial charge in [-0.1, -0.05) is 57.2 Å². The molecule has 1 heterocycles. The van der Waals surface area contributed by atoms with E-state index in [4.69, 9.17) is 4.74 Å². The molecule has 0 aromatic heterocycles. The number of rotatable bonds is 5. The van der Waals surface area contributed by atoms with E-state index in [0.717, 1.165) is 11.3 Å². The Morgan fingerprint density at radius 3 is 2.09 bits per heavy atom. The molecule has 0 fully saturated rings. The lowest BCUT2D eigenvalue weighted by atomic mass is 9.87. The molecule has 0 bridgehead atoms. The number of carbonyl (C=O) groups is 2. The molecule has 0 spiro atoms. The molecule has 1 N–H and O–H groups in total. The van der Waals surface area contributed by atoms with E-state index in [1.54, 1.807) is 37.4 Å². The molecule has 33 heavy (non-hydrogen) atoms. The van der Waals surface area contributed by atoms with Crippen LogP contribution < -0.4 is 15.0 Å². The maximum absolute atomic E-state index is 13.5. The zero-order valence-electron chi connectivity index (χ0n) is 19.6. The molecule has 0 unspecified atom stereocenters. The van der Waals surface area contributed by atoms with Crippen molar-refractivity contribution in [2.45, 2.75) is 33.1 Å². The number of benzene rings is 3. The van der Waals surface area contributed by atoms with Gasteiger partial charge in [0.15, 0.2) is 0 Å². The number of ether oxygens (including phenoxy) is 1. The number of amides is 2. The maximum atomic E-state index is 13.5. The molecule has 0 saturated carbocycles. The normalized spacial score (nSPS) is 14.2. The van der Waals surface area contributed by atoms with Crippen molar-refractivity contribution in [3.05, 3.63) is 95.2 Å². The number of nitrogens with zero attached hydrogens (tertiary/aromatic N) is 1. The number of aryl methyl sites for hydroxylation is 1. The summed E-state index contributed by atoms with van der Waals surface area (Å²) in [7, 11) is 1.59. The topological polar surface area (TPSA) is 58.6 Å². The van der Waals surface area contributed by atoms with Crippen molar-refractivity contribution in [3.63, 3.8) is 0 Å². The van der Waals surface area contributed by atoms with Crippen molar-refractivity contribution in [1.82, 2.24) is 0 Å². The van der Waals surface area contributed by atoms with Crippen molar-refractivity contribution < 1.29 is 14.3 Å². The second-order valence-corrected chi connectivity index (χ2v) is 9.22. The van der Waals surface area contributed by atoms with Gasteiger partial charge in [-0.2, -0.15) is 0 Å². The van der Waals surface area contributed by atoms with Crippen molar-refractivity contribution in [2.75, 3.05) is 17.3 Å². The van der Waals surface area contributed by atoms with Gasteiger partial charge in [-0.25, -0.2) is 4.90 Å². The Bertz CT molecular complexity index is 1230. The molecular weight excluding hydrogens is 412 g/mol. The third-order valence-corrected chi connectivity index (χ3v) is 5.74. The van der Waals surface area contributed by atoms with Gasteiger partial charge >= 0.3 is 0 Å². The van der Waals surface area contributed by atoms with Gasteiger partial charge in [-0.15, -0.1) is 0 Å². The van der Waals surface area contributed by atoms with Crippen molar-refractivity contribution in [1.29, 1.82) is 0 Å². The molecule has 168 valence electrons. The van der Waals surface area contributed by atoms with Crippen LogP contribution in [0.2, 0.25) is 0 Å². The number of anilines is 2. The van der Waals surface area contributed by atoms with Crippen LogP contribution >= 0.6 is 0 Å². The number of methoxy groups -OCH3 is 1. The Morgan fingerprint density at radius 2 is 1.52 bits per heavy atom. The van der Waals surface area contributed by atoms with Gasteiger partial charge in [-0.05, 0) is 65.4 Å². The van der Waals surface area contributed by atoms with Crippen LogP contribution in [0.4, 0.5) is 11.4 Å². The average Bonchev–Trinajstić information content (AvgIpc) is 3.03. The highest BCUT2D eigenvalue weighted by Crippen LogP contribution is 2.35. The second kappa shape index (κ2) is 8.58. The fraction of sp³-hybridized carbons (Fsp3) is 0.214. The first-order valence-electron chi connectivity index (χ1n) is 10.9. The van der Waals surface area contributed by atoms with Gasteiger partial charge in [0.05, 0.1) is 18.4 Å². The Kier molecular flexibility index (Phi) is 5.81. The molecule has 0 atom stereocenters. The molecule has 1 aliphatic heterocycles. The van der Waals surface area contributed by atoms with E-state index < -0.39 is 0 Å². The van der Waals surface area contributed by atoms with Crippen LogP contribution in [-0.4, -0.2) is 18.9 Å². The number of nitrogens with one attached hydrogen (secondary N) is 1. The molecule has 2 amide bonds. The van der Waals surface area contributed by atoms with Gasteiger partial charge in [-0.3, -0.25) is 9.59 Å². The van der Waals surface area contributed by atoms with Crippen LogP contribution in [0, 0.1) is 6.92 Å². The maximum Gasteiger partial charge on any atom is 0.282 e. The van der Waals surface area contributed by atoms with Gasteiger partial charge in [0.1, 0.15) is 11.4 Å². The van der Waals surface area contributed by atoms with Gasteiger partial charge in [0.2, 0.25) is 0 Å². The summed E-state index contributed by atoms with van der Waals surface area (Å²) in [6.45, 7) is 8.39. The second-order valence-electron chi connectivity index (χ2n) is 9.22. The lowest BCUT2D eigenvalue weighted by Crippen LogP contribution is -2.32. The van der Waals surface area contributed by atoms with Crippen LogP contribution in [0.25, 0.3) is 5.57 Å². The molecule has 1 aliphatic rings. The minimum atomic E-state index is -0.378. The third kappa shape index (κ3) is 4.40. The molecular formula is C28H28N2O3. The van der Waals surface area contributed by atoms with Crippen LogP contribution in [0.15, 0.2) is 78.5 Å². The van der Waals surface area contributed by atoms with Crippen molar-refractivity contribution in [3.8, 4) is 5.75 Å². The molecule has 0 aliphatic carbocycles. The van der Waals surface area contributed by atoms with E-state index >= 15 is 0 Å². The minimum Gasteiger partial charge on any atom is -0.497 e. The highest BCUT2D eigenvalue weighted by atomic mass is 16.5. The molecule has 0 radical (unpaired) electrons. The predicted molar refractivity (Wildman–Crippen MR) is 132 cm³/mol. The summed E-state index contributed by atoms with van der Waals surface area (Å²) in [4.78, 5) is 28.3. The van der Waals surface area contributed by atoms with E-state index in [9.17, 15) is 9.59 Å². The molecule has 0 saturated heterocycles. The summed E-state index contributed by atoms with van der Waals surface area (Å²) < 4.78 is 5.25. The average molecular weight is 441 g/mol. The summed E-state index contributed by atoms with van der Waals surface area (Å²) in [6.07, 6.45) is 0. The highest BCUT2D eigenvalue weighted by Gasteiger charge is 2.40. The predicted octanol–water partition coefficient (Wildman–Crippen LogP) is 5.70. The third-order valence-electron chi connectivity index (χ3n) is 5.74. The zero-order chi connectivity index (χ0) is 23.8. The Balaban J connectivity index is 1.77. The van der Waals surface area contributed by atoms with E-state index in [0.29, 0.717) is 22.6 Å².